The number of hydrogen-bond acceptors (Lipinski definition) is 3. The Morgan fingerprint density at radius 2 is 2.28 bits per heavy atom. The molecule has 1 rings (SSSR count). The average Bonchev–Trinajstić information content (AvgIpc) is 2.35. The number of aryl methyl sites for hydroxylation is 1. The number of rotatable bonds is 4. The first-order valence-electron chi connectivity index (χ1n) is 5.66. The number of aliphatic hydroxyl groups is 1. The molecule has 3 nitrogen and oxygen atoms in total. The Morgan fingerprint density at radius 1 is 1.50 bits per heavy atom. The molecule has 1 aromatic carbocycles. The number of carbonyl (C=O) groups is 1. The van der Waals surface area contributed by atoms with E-state index in [1.807, 2.05) is 31.4 Å². The van der Waals surface area contributed by atoms with Crippen LogP contribution in [0, 0.1) is 18.8 Å². The van der Waals surface area contributed by atoms with Crippen molar-refractivity contribution in [1.82, 2.24) is 0 Å². The van der Waals surface area contributed by atoms with Gasteiger partial charge in [0.15, 0.2) is 0 Å². The highest BCUT2D eigenvalue weighted by Gasteiger charge is 2.05. The highest BCUT2D eigenvalue weighted by Crippen LogP contribution is 2.17. The van der Waals surface area contributed by atoms with E-state index >= 15 is 0 Å². The van der Waals surface area contributed by atoms with Crippen molar-refractivity contribution in [2.45, 2.75) is 13.3 Å². The lowest BCUT2D eigenvalue weighted by molar-refractivity contribution is -0.115. The molecular weight excluding hydrogens is 246 g/mol. The summed E-state index contributed by atoms with van der Waals surface area (Å²) in [6.07, 6.45) is 2.46. The highest BCUT2D eigenvalue weighted by molar-refractivity contribution is 7.98. The number of nitrogens with one attached hydrogen (secondary N) is 1. The van der Waals surface area contributed by atoms with Crippen LogP contribution in [0.1, 0.15) is 17.5 Å². The van der Waals surface area contributed by atoms with E-state index in [-0.39, 0.29) is 12.5 Å². The second-order valence-electron chi connectivity index (χ2n) is 3.80. The van der Waals surface area contributed by atoms with Crippen LogP contribution in [0.4, 0.5) is 5.69 Å². The smallest absolute Gasteiger partial charge is 0.225 e. The summed E-state index contributed by atoms with van der Waals surface area (Å²) in [5, 5.41) is 11.6. The number of hydrogen-bond donors (Lipinski definition) is 2. The third kappa shape index (κ3) is 4.82. The Bertz CT molecular complexity index is 474. The van der Waals surface area contributed by atoms with Gasteiger partial charge in [-0.15, -0.1) is 0 Å². The molecule has 2 N–H and O–H groups in total. The van der Waals surface area contributed by atoms with E-state index in [9.17, 15) is 4.79 Å². The molecule has 0 bridgehead atoms. The normalized spacial score (nSPS) is 9.50. The Morgan fingerprint density at radius 3 is 2.94 bits per heavy atom. The molecule has 96 valence electrons. The molecule has 4 heteroatoms. The summed E-state index contributed by atoms with van der Waals surface area (Å²) in [6.45, 7) is 1.77. The maximum atomic E-state index is 11.7. The van der Waals surface area contributed by atoms with Crippen LogP contribution >= 0.6 is 11.8 Å². The minimum atomic E-state index is -0.187. The third-order valence-electron chi connectivity index (χ3n) is 2.28. The number of thioether (sulfide) groups is 1. The predicted octanol–water partition coefficient (Wildman–Crippen LogP) is 2.03. The fourth-order valence-electron chi connectivity index (χ4n) is 1.41. The third-order valence-corrected chi connectivity index (χ3v) is 2.90. The molecular formula is C14H17NO2S. The molecule has 0 aliphatic carbocycles. The molecule has 0 heterocycles. The molecule has 0 saturated carbocycles. The van der Waals surface area contributed by atoms with Gasteiger partial charge in [0.25, 0.3) is 0 Å². The van der Waals surface area contributed by atoms with Gasteiger partial charge in [0.05, 0.1) is 5.69 Å². The molecule has 0 radical (unpaired) electrons. The number of amides is 1. The van der Waals surface area contributed by atoms with Crippen LogP contribution in [0.5, 0.6) is 0 Å². The lowest BCUT2D eigenvalue weighted by atomic mass is 10.1. The number of carbonyl (C=O) groups excluding carboxylic acids is 1. The lowest BCUT2D eigenvalue weighted by Crippen LogP contribution is -2.13. The van der Waals surface area contributed by atoms with Gasteiger partial charge in [-0.3, -0.25) is 4.79 Å². The van der Waals surface area contributed by atoms with Crippen molar-refractivity contribution in [2.24, 2.45) is 0 Å². The Labute approximate surface area is 112 Å². The van der Waals surface area contributed by atoms with Crippen LogP contribution in [-0.2, 0) is 4.79 Å². The first-order valence-corrected chi connectivity index (χ1v) is 7.06. The van der Waals surface area contributed by atoms with Crippen LogP contribution in [0.3, 0.4) is 0 Å². The number of aliphatic hydroxyl groups excluding tert-OH is 1. The Kier molecular flexibility index (Phi) is 6.34. The molecule has 0 aliphatic rings. The zero-order valence-corrected chi connectivity index (χ0v) is 11.4. The topological polar surface area (TPSA) is 49.3 Å². The monoisotopic (exact) mass is 263 g/mol. The fourth-order valence-corrected chi connectivity index (χ4v) is 1.80. The Balaban J connectivity index is 2.85. The molecule has 18 heavy (non-hydrogen) atoms. The zero-order chi connectivity index (χ0) is 13.4. The molecule has 0 atom stereocenters. The number of benzene rings is 1. The van der Waals surface area contributed by atoms with Crippen LogP contribution in [0.25, 0.3) is 0 Å². The summed E-state index contributed by atoms with van der Waals surface area (Å²) in [7, 11) is 0. The van der Waals surface area contributed by atoms with Crippen molar-refractivity contribution in [1.29, 1.82) is 0 Å². The Hall–Kier alpha value is -1.44. The van der Waals surface area contributed by atoms with Crippen LogP contribution in [0.2, 0.25) is 0 Å². The molecule has 1 amide bonds. The summed E-state index contributed by atoms with van der Waals surface area (Å²) < 4.78 is 0. The molecule has 0 aliphatic heterocycles. The second-order valence-corrected chi connectivity index (χ2v) is 4.79. The summed E-state index contributed by atoms with van der Waals surface area (Å²) in [4.78, 5) is 11.7. The van der Waals surface area contributed by atoms with Crippen molar-refractivity contribution in [2.75, 3.05) is 23.9 Å². The van der Waals surface area contributed by atoms with Crippen LogP contribution in [-0.4, -0.2) is 29.6 Å². The van der Waals surface area contributed by atoms with E-state index < -0.39 is 0 Å². The average molecular weight is 263 g/mol. The van der Waals surface area contributed by atoms with Gasteiger partial charge in [-0.2, -0.15) is 11.8 Å². The summed E-state index contributed by atoms with van der Waals surface area (Å²) >= 11 is 1.64. The molecule has 0 unspecified atom stereocenters. The van der Waals surface area contributed by atoms with E-state index in [2.05, 4.69) is 17.2 Å². The summed E-state index contributed by atoms with van der Waals surface area (Å²) in [6, 6.07) is 5.67. The van der Waals surface area contributed by atoms with Crippen LogP contribution in [0.15, 0.2) is 18.2 Å². The molecule has 0 saturated heterocycles. The van der Waals surface area contributed by atoms with Gasteiger partial charge in [0, 0.05) is 17.7 Å². The standard InChI is InChI=1S/C14H17NO2S/c1-11-5-6-12(4-3-8-16)13(10-11)15-14(17)7-9-18-2/h5-6,10,16H,7-9H2,1-2H3,(H,15,17). The first kappa shape index (κ1) is 14.6. The maximum absolute atomic E-state index is 11.7. The lowest BCUT2D eigenvalue weighted by Gasteiger charge is -2.08. The zero-order valence-electron chi connectivity index (χ0n) is 10.6. The van der Waals surface area contributed by atoms with E-state index in [1.54, 1.807) is 11.8 Å². The van der Waals surface area contributed by atoms with Crippen molar-refractivity contribution in [3.8, 4) is 11.8 Å². The van der Waals surface area contributed by atoms with E-state index in [1.165, 1.54) is 0 Å². The van der Waals surface area contributed by atoms with Gasteiger partial charge in [-0.1, -0.05) is 17.9 Å². The largest absolute Gasteiger partial charge is 0.384 e. The van der Waals surface area contributed by atoms with Crippen molar-refractivity contribution in [3.05, 3.63) is 29.3 Å². The minimum Gasteiger partial charge on any atom is -0.384 e. The molecule has 0 aromatic heterocycles. The van der Waals surface area contributed by atoms with Crippen molar-refractivity contribution in [3.63, 3.8) is 0 Å². The van der Waals surface area contributed by atoms with Gasteiger partial charge in [-0.05, 0) is 30.9 Å². The summed E-state index contributed by atoms with van der Waals surface area (Å²) in [5.41, 5.74) is 2.50. The van der Waals surface area contributed by atoms with E-state index in [0.29, 0.717) is 12.1 Å². The van der Waals surface area contributed by atoms with Gasteiger partial charge in [-0.25, -0.2) is 0 Å². The van der Waals surface area contributed by atoms with E-state index in [4.69, 9.17) is 5.11 Å². The van der Waals surface area contributed by atoms with Gasteiger partial charge in [0.1, 0.15) is 6.61 Å². The molecule has 0 fully saturated rings. The molecule has 1 aromatic rings. The predicted molar refractivity (Wildman–Crippen MR) is 76.8 cm³/mol. The minimum absolute atomic E-state index is 0.0120. The van der Waals surface area contributed by atoms with Gasteiger partial charge in [0.2, 0.25) is 5.91 Å². The number of anilines is 1. The quantitative estimate of drug-likeness (QED) is 0.817. The maximum Gasteiger partial charge on any atom is 0.225 e. The summed E-state index contributed by atoms with van der Waals surface area (Å²) in [5.74, 6) is 6.21. The van der Waals surface area contributed by atoms with Crippen molar-refractivity contribution < 1.29 is 9.90 Å². The molecule has 0 spiro atoms. The van der Waals surface area contributed by atoms with E-state index in [0.717, 1.165) is 16.9 Å². The van der Waals surface area contributed by atoms with Crippen molar-refractivity contribution >= 4 is 23.4 Å². The first-order chi connectivity index (χ1) is 8.67. The second kappa shape index (κ2) is 7.80. The van der Waals surface area contributed by atoms with Gasteiger partial charge < -0.3 is 10.4 Å². The SMILES string of the molecule is CSCCC(=O)Nc1cc(C)ccc1C#CCO. The van der Waals surface area contributed by atoms with Gasteiger partial charge >= 0.3 is 0 Å². The highest BCUT2D eigenvalue weighted by atomic mass is 32.2. The van der Waals surface area contributed by atoms with Crippen LogP contribution < -0.4 is 5.32 Å². The fraction of sp³-hybridized carbons (Fsp3) is 0.357.